The molecule has 8 nitrogen and oxygen atoms in total. The zero-order chi connectivity index (χ0) is 14.3. The Hall–Kier alpha value is -2.12. The van der Waals surface area contributed by atoms with Gasteiger partial charge in [0.05, 0.1) is 12.8 Å². The van der Waals surface area contributed by atoms with E-state index in [1.54, 1.807) is 0 Å². The molecule has 0 unspecified atom stereocenters. The summed E-state index contributed by atoms with van der Waals surface area (Å²) in [7, 11) is 0. The molecule has 0 spiro atoms. The maximum Gasteiger partial charge on any atom is 0.347 e. The molecule has 0 saturated carbocycles. The van der Waals surface area contributed by atoms with Crippen molar-refractivity contribution in [1.29, 1.82) is 0 Å². The monoisotopic (exact) mass is 262 g/mol. The molecule has 0 aromatic carbocycles. The zero-order valence-electron chi connectivity index (χ0n) is 9.91. The summed E-state index contributed by atoms with van der Waals surface area (Å²) in [5, 5.41) is 16.8. The summed E-state index contributed by atoms with van der Waals surface area (Å²) in [6.45, 7) is 2.36. The molecule has 0 aliphatic heterocycles. The van der Waals surface area contributed by atoms with Gasteiger partial charge in [-0.05, 0) is 13.8 Å². The van der Waals surface area contributed by atoms with Gasteiger partial charge in [0.2, 0.25) is 0 Å². The van der Waals surface area contributed by atoms with E-state index >= 15 is 0 Å². The first-order chi connectivity index (χ1) is 8.23. The summed E-state index contributed by atoms with van der Waals surface area (Å²) >= 11 is 0. The van der Waals surface area contributed by atoms with Crippen molar-refractivity contribution >= 4 is 23.9 Å². The van der Waals surface area contributed by atoms with Crippen LogP contribution in [0.25, 0.3) is 0 Å². The number of carboxylic acids is 2. The second-order valence-corrected chi connectivity index (χ2v) is 3.44. The molecule has 8 heteroatoms. The van der Waals surface area contributed by atoms with Crippen LogP contribution in [0.5, 0.6) is 0 Å². The number of hydrogen-bond acceptors (Lipinski definition) is 6. The summed E-state index contributed by atoms with van der Waals surface area (Å²) in [5.41, 5.74) is 0. The van der Waals surface area contributed by atoms with E-state index in [4.69, 9.17) is 10.2 Å². The second kappa shape index (κ2) is 7.25. The lowest BCUT2D eigenvalue weighted by molar-refractivity contribution is -0.175. The highest BCUT2D eigenvalue weighted by atomic mass is 16.6. The Bertz CT molecular complexity index is 348. The second-order valence-electron chi connectivity index (χ2n) is 3.44. The number of carboxylic acid groups (broad SMARTS) is 2. The first-order valence-electron chi connectivity index (χ1n) is 5.08. The number of carbonyl (C=O) groups excluding carboxylic acids is 2. The Morgan fingerprint density at radius 2 is 1.50 bits per heavy atom. The maximum absolute atomic E-state index is 11.3. The van der Waals surface area contributed by atoms with Crippen molar-refractivity contribution in [2.45, 2.75) is 38.9 Å². The van der Waals surface area contributed by atoms with Crippen molar-refractivity contribution in [3.63, 3.8) is 0 Å². The smallest absolute Gasteiger partial charge is 0.347 e. The molecule has 0 aliphatic carbocycles. The van der Waals surface area contributed by atoms with Gasteiger partial charge < -0.3 is 19.7 Å². The minimum Gasteiger partial charge on any atom is -0.481 e. The molecule has 0 heterocycles. The Balaban J connectivity index is 4.11. The zero-order valence-corrected chi connectivity index (χ0v) is 9.91. The van der Waals surface area contributed by atoms with Crippen molar-refractivity contribution in [2.75, 3.05) is 0 Å². The Morgan fingerprint density at radius 3 is 1.94 bits per heavy atom. The van der Waals surface area contributed by atoms with Crippen LogP contribution in [0.2, 0.25) is 0 Å². The Kier molecular flexibility index (Phi) is 6.40. The van der Waals surface area contributed by atoms with Gasteiger partial charge in [0.15, 0.2) is 12.2 Å². The SMILES string of the molecule is C[C@H](OC(=O)[C@H](C)OC(=O)CCC(=O)O)C(=O)O. The number of aliphatic carboxylic acids is 2. The van der Waals surface area contributed by atoms with Crippen molar-refractivity contribution in [3.05, 3.63) is 0 Å². The van der Waals surface area contributed by atoms with E-state index in [9.17, 15) is 19.2 Å². The van der Waals surface area contributed by atoms with Crippen molar-refractivity contribution in [3.8, 4) is 0 Å². The number of hydrogen-bond donors (Lipinski definition) is 2. The average Bonchev–Trinajstić information content (AvgIpc) is 2.25. The number of ether oxygens (including phenoxy) is 2. The fourth-order valence-corrected chi connectivity index (χ4v) is 0.834. The normalized spacial score (nSPS) is 13.2. The van der Waals surface area contributed by atoms with Crippen molar-refractivity contribution in [1.82, 2.24) is 0 Å². The van der Waals surface area contributed by atoms with Crippen LogP contribution < -0.4 is 0 Å². The topological polar surface area (TPSA) is 127 Å². The highest BCUT2D eigenvalue weighted by Crippen LogP contribution is 2.02. The predicted molar refractivity (Wildman–Crippen MR) is 55.6 cm³/mol. The van der Waals surface area contributed by atoms with E-state index in [1.807, 2.05) is 0 Å². The fraction of sp³-hybridized carbons (Fsp3) is 0.600. The molecule has 0 fully saturated rings. The minimum absolute atomic E-state index is 0.374. The first kappa shape index (κ1) is 15.9. The average molecular weight is 262 g/mol. The highest BCUT2D eigenvalue weighted by molar-refractivity contribution is 5.83. The van der Waals surface area contributed by atoms with Gasteiger partial charge in [0.25, 0.3) is 0 Å². The van der Waals surface area contributed by atoms with E-state index in [1.165, 1.54) is 6.92 Å². The first-order valence-corrected chi connectivity index (χ1v) is 5.08. The molecule has 0 amide bonds. The van der Waals surface area contributed by atoms with Gasteiger partial charge in [-0.2, -0.15) is 0 Å². The van der Waals surface area contributed by atoms with Crippen LogP contribution in [0.3, 0.4) is 0 Å². The summed E-state index contributed by atoms with van der Waals surface area (Å²) in [5.74, 6) is -4.37. The summed E-state index contributed by atoms with van der Waals surface area (Å²) < 4.78 is 9.04. The van der Waals surface area contributed by atoms with Crippen LogP contribution in [-0.2, 0) is 28.7 Å². The van der Waals surface area contributed by atoms with Gasteiger partial charge in [-0.25, -0.2) is 9.59 Å². The van der Waals surface area contributed by atoms with Crippen molar-refractivity contribution < 1.29 is 38.9 Å². The molecule has 0 radical (unpaired) electrons. The van der Waals surface area contributed by atoms with E-state index < -0.39 is 42.5 Å². The molecule has 2 atom stereocenters. The predicted octanol–water partition coefficient (Wildman–Crippen LogP) is -0.201. The minimum atomic E-state index is -1.35. The van der Waals surface area contributed by atoms with Crippen LogP contribution in [0.4, 0.5) is 0 Å². The lowest BCUT2D eigenvalue weighted by atomic mass is 10.3. The largest absolute Gasteiger partial charge is 0.481 e. The molecule has 0 aliphatic rings. The summed E-state index contributed by atoms with van der Waals surface area (Å²) in [6.07, 6.45) is -3.42. The molecule has 18 heavy (non-hydrogen) atoms. The number of rotatable bonds is 7. The highest BCUT2D eigenvalue weighted by Gasteiger charge is 2.24. The standard InChI is InChI=1S/C10H14O8/c1-5(9(14)15)18-10(16)6(2)17-8(13)4-3-7(11)12/h5-6H,3-4H2,1-2H3,(H,11,12)(H,14,15)/t5-,6-/m0/s1. The molecule has 102 valence electrons. The van der Waals surface area contributed by atoms with E-state index in [2.05, 4.69) is 9.47 Å². The van der Waals surface area contributed by atoms with Gasteiger partial charge in [-0.15, -0.1) is 0 Å². The maximum atomic E-state index is 11.3. The summed E-state index contributed by atoms with van der Waals surface area (Å²) in [6, 6.07) is 0. The molecule has 0 bridgehead atoms. The van der Waals surface area contributed by atoms with Gasteiger partial charge >= 0.3 is 23.9 Å². The van der Waals surface area contributed by atoms with Crippen LogP contribution in [0, 0.1) is 0 Å². The summed E-state index contributed by atoms with van der Waals surface area (Å²) in [4.78, 5) is 42.9. The molecular weight excluding hydrogens is 248 g/mol. The Morgan fingerprint density at radius 1 is 0.944 bits per heavy atom. The van der Waals surface area contributed by atoms with Crippen molar-refractivity contribution in [2.24, 2.45) is 0 Å². The molecule has 0 aromatic rings. The van der Waals surface area contributed by atoms with Gasteiger partial charge in [0, 0.05) is 0 Å². The van der Waals surface area contributed by atoms with Gasteiger partial charge in [-0.1, -0.05) is 0 Å². The quantitative estimate of drug-likeness (QED) is 0.604. The van der Waals surface area contributed by atoms with Gasteiger partial charge in [-0.3, -0.25) is 9.59 Å². The third-order valence-corrected chi connectivity index (χ3v) is 1.82. The lowest BCUT2D eigenvalue weighted by Crippen LogP contribution is -2.32. The Labute approximate surface area is 102 Å². The van der Waals surface area contributed by atoms with E-state index in [0.717, 1.165) is 6.92 Å². The van der Waals surface area contributed by atoms with Gasteiger partial charge in [0.1, 0.15) is 0 Å². The molecular formula is C10H14O8. The van der Waals surface area contributed by atoms with Crippen LogP contribution >= 0.6 is 0 Å². The van der Waals surface area contributed by atoms with E-state index in [-0.39, 0.29) is 6.42 Å². The lowest BCUT2D eigenvalue weighted by Gasteiger charge is -2.14. The van der Waals surface area contributed by atoms with Crippen LogP contribution in [0.15, 0.2) is 0 Å². The third kappa shape index (κ3) is 6.46. The third-order valence-electron chi connectivity index (χ3n) is 1.82. The number of esters is 2. The fourth-order valence-electron chi connectivity index (χ4n) is 0.834. The molecule has 0 aromatic heterocycles. The molecule has 0 rings (SSSR count). The number of carbonyl (C=O) groups is 4. The van der Waals surface area contributed by atoms with Crippen LogP contribution in [0.1, 0.15) is 26.7 Å². The molecule has 2 N–H and O–H groups in total. The van der Waals surface area contributed by atoms with Crippen LogP contribution in [-0.4, -0.2) is 46.3 Å². The van der Waals surface area contributed by atoms with E-state index in [0.29, 0.717) is 0 Å². The molecule has 0 saturated heterocycles.